The van der Waals surface area contributed by atoms with Crippen LogP contribution in [-0.2, 0) is 4.43 Å². The molecule has 0 aliphatic carbocycles. The van der Waals surface area contributed by atoms with Gasteiger partial charge in [0, 0.05) is 12.3 Å². The second-order valence-electron chi connectivity index (χ2n) is 3.08. The Kier molecular flexibility index (Phi) is 5.29. The first-order valence-electron chi connectivity index (χ1n) is 4.78. The molecule has 0 bridgehead atoms. The molecule has 1 aromatic carbocycles. The molecule has 1 aliphatic heterocycles. The fraction of sp³-hybridized carbons (Fsp3) is 0.400. The Balaban J connectivity index is 0.000000132. The maximum atomic E-state index is 5.36. The van der Waals surface area contributed by atoms with Crippen molar-refractivity contribution in [3.8, 4) is 0 Å². The Hall–Kier alpha value is -0.803. The normalized spacial score (nSPS) is 17.5. The highest BCUT2D eigenvalue weighted by molar-refractivity contribution is 6.27. The molecule has 2 nitrogen and oxygen atoms in total. The van der Waals surface area contributed by atoms with Crippen molar-refractivity contribution in [1.29, 1.82) is 0 Å². The maximum absolute atomic E-state index is 5.36. The van der Waals surface area contributed by atoms with Gasteiger partial charge >= 0.3 is 0 Å². The predicted octanol–water partition coefficient (Wildman–Crippen LogP) is 1.57. The van der Waals surface area contributed by atoms with Crippen LogP contribution in [0.3, 0.4) is 0 Å². The standard InChI is InChI=1S/C6H7N.C4H10OSi/c7-6-4-2-1-3-5-6;1-2-4-6-5-3-1/h1-5H,7H2;1-4,6H2. The van der Waals surface area contributed by atoms with Crippen molar-refractivity contribution in [2.24, 2.45) is 0 Å². The van der Waals surface area contributed by atoms with Crippen LogP contribution < -0.4 is 5.73 Å². The average molecular weight is 195 g/mol. The summed E-state index contributed by atoms with van der Waals surface area (Å²) in [6.07, 6.45) is 2.75. The number of para-hydroxylation sites is 1. The zero-order chi connectivity index (χ0) is 9.36. The summed E-state index contributed by atoms with van der Waals surface area (Å²) in [6, 6.07) is 10.9. The molecule has 2 rings (SSSR count). The lowest BCUT2D eigenvalue weighted by atomic mass is 10.3. The van der Waals surface area contributed by atoms with Crippen LogP contribution in [0.25, 0.3) is 0 Å². The predicted molar refractivity (Wildman–Crippen MR) is 59.4 cm³/mol. The van der Waals surface area contributed by atoms with Gasteiger partial charge < -0.3 is 10.2 Å². The van der Waals surface area contributed by atoms with Crippen LogP contribution in [0.2, 0.25) is 6.04 Å². The zero-order valence-electron chi connectivity index (χ0n) is 7.91. The summed E-state index contributed by atoms with van der Waals surface area (Å²) < 4.78 is 5.21. The lowest BCUT2D eigenvalue weighted by Crippen LogP contribution is -2.06. The SMILES string of the molecule is C1CC[SiH2]OC1.Nc1ccccc1. The van der Waals surface area contributed by atoms with Gasteiger partial charge in [0.1, 0.15) is 0 Å². The third kappa shape index (κ3) is 5.44. The highest BCUT2D eigenvalue weighted by Crippen LogP contribution is 2.01. The largest absolute Gasteiger partial charge is 0.424 e. The van der Waals surface area contributed by atoms with Crippen LogP contribution in [0.1, 0.15) is 12.8 Å². The molecule has 1 heterocycles. The topological polar surface area (TPSA) is 35.2 Å². The monoisotopic (exact) mass is 195 g/mol. The quantitative estimate of drug-likeness (QED) is 0.504. The van der Waals surface area contributed by atoms with Gasteiger partial charge in [0.25, 0.3) is 0 Å². The summed E-state index contributed by atoms with van der Waals surface area (Å²) in [6.45, 7) is 1.06. The van der Waals surface area contributed by atoms with Crippen LogP contribution in [-0.4, -0.2) is 16.4 Å². The number of nitrogens with two attached hydrogens (primary N) is 1. The number of hydrogen-bond acceptors (Lipinski definition) is 2. The molecule has 2 N–H and O–H groups in total. The van der Waals surface area contributed by atoms with Crippen molar-refractivity contribution >= 4 is 15.5 Å². The van der Waals surface area contributed by atoms with E-state index in [4.69, 9.17) is 10.2 Å². The van der Waals surface area contributed by atoms with Gasteiger partial charge in [0.05, 0.1) is 0 Å². The van der Waals surface area contributed by atoms with Crippen molar-refractivity contribution in [3.63, 3.8) is 0 Å². The molecule has 1 aliphatic rings. The molecule has 0 amide bonds. The Morgan fingerprint density at radius 2 is 1.92 bits per heavy atom. The first kappa shape index (κ1) is 10.3. The van der Waals surface area contributed by atoms with Crippen LogP contribution in [0.5, 0.6) is 0 Å². The van der Waals surface area contributed by atoms with Crippen LogP contribution >= 0.6 is 0 Å². The van der Waals surface area contributed by atoms with E-state index in [0.717, 1.165) is 12.3 Å². The molecular formula is C10H17NOSi. The number of benzene rings is 1. The Morgan fingerprint density at radius 3 is 2.15 bits per heavy atom. The fourth-order valence-corrected chi connectivity index (χ4v) is 2.31. The highest BCUT2D eigenvalue weighted by Gasteiger charge is 1.96. The molecule has 13 heavy (non-hydrogen) atoms. The van der Waals surface area contributed by atoms with Gasteiger partial charge in [0.15, 0.2) is 9.76 Å². The molecule has 0 radical (unpaired) electrons. The summed E-state index contributed by atoms with van der Waals surface area (Å²) in [5.41, 5.74) is 6.18. The van der Waals surface area contributed by atoms with Gasteiger partial charge in [-0.15, -0.1) is 0 Å². The number of rotatable bonds is 0. The molecule has 72 valence electrons. The molecule has 0 unspecified atom stereocenters. The van der Waals surface area contributed by atoms with Gasteiger partial charge in [-0.05, 0) is 24.6 Å². The minimum absolute atomic E-state index is 0.00849. The molecule has 1 saturated heterocycles. The molecule has 0 saturated carbocycles. The number of anilines is 1. The van der Waals surface area contributed by atoms with Crippen molar-refractivity contribution in [2.45, 2.75) is 18.9 Å². The summed E-state index contributed by atoms with van der Waals surface area (Å²) in [5.74, 6) is 0. The minimum atomic E-state index is 0.00849. The molecule has 0 spiro atoms. The van der Waals surface area contributed by atoms with Crippen molar-refractivity contribution in [1.82, 2.24) is 0 Å². The smallest absolute Gasteiger partial charge is 0.161 e. The average Bonchev–Trinajstić information content (AvgIpc) is 2.22. The summed E-state index contributed by atoms with van der Waals surface area (Å²) >= 11 is 0. The fourth-order valence-electron chi connectivity index (χ4n) is 1.14. The van der Waals surface area contributed by atoms with Crippen molar-refractivity contribution in [2.75, 3.05) is 12.3 Å². The van der Waals surface area contributed by atoms with E-state index >= 15 is 0 Å². The Labute approximate surface area is 82.0 Å². The van der Waals surface area contributed by atoms with E-state index in [1.165, 1.54) is 18.9 Å². The zero-order valence-corrected chi connectivity index (χ0v) is 9.32. The lowest BCUT2D eigenvalue weighted by molar-refractivity contribution is 0.304. The maximum Gasteiger partial charge on any atom is 0.161 e. The van der Waals surface area contributed by atoms with Crippen LogP contribution in [0.15, 0.2) is 30.3 Å². The molecular weight excluding hydrogens is 178 g/mol. The van der Waals surface area contributed by atoms with Gasteiger partial charge in [-0.2, -0.15) is 0 Å². The summed E-state index contributed by atoms with van der Waals surface area (Å²) in [4.78, 5) is 0. The van der Waals surface area contributed by atoms with Gasteiger partial charge in [-0.25, -0.2) is 0 Å². The van der Waals surface area contributed by atoms with E-state index in [-0.39, 0.29) is 9.76 Å². The molecule has 0 aromatic heterocycles. The van der Waals surface area contributed by atoms with E-state index in [9.17, 15) is 0 Å². The van der Waals surface area contributed by atoms with E-state index in [0.29, 0.717) is 0 Å². The van der Waals surface area contributed by atoms with Gasteiger partial charge in [0.2, 0.25) is 0 Å². The Morgan fingerprint density at radius 1 is 1.15 bits per heavy atom. The van der Waals surface area contributed by atoms with Crippen molar-refractivity contribution < 1.29 is 4.43 Å². The third-order valence-corrected chi connectivity index (χ3v) is 3.24. The number of hydrogen-bond donors (Lipinski definition) is 1. The van der Waals surface area contributed by atoms with E-state index < -0.39 is 0 Å². The van der Waals surface area contributed by atoms with E-state index in [2.05, 4.69) is 0 Å². The summed E-state index contributed by atoms with van der Waals surface area (Å²) in [5, 5.41) is 0. The first-order valence-corrected chi connectivity index (χ1v) is 6.35. The first-order chi connectivity index (χ1) is 6.39. The van der Waals surface area contributed by atoms with E-state index in [1.54, 1.807) is 0 Å². The number of nitrogen functional groups attached to an aromatic ring is 1. The van der Waals surface area contributed by atoms with Crippen molar-refractivity contribution in [3.05, 3.63) is 30.3 Å². The molecule has 0 atom stereocenters. The minimum Gasteiger partial charge on any atom is -0.424 e. The second kappa shape index (κ2) is 6.68. The van der Waals surface area contributed by atoms with Gasteiger partial charge in [-0.1, -0.05) is 24.6 Å². The highest BCUT2D eigenvalue weighted by atomic mass is 28.2. The molecule has 3 heteroatoms. The third-order valence-electron chi connectivity index (χ3n) is 1.88. The molecule has 1 fully saturated rings. The van der Waals surface area contributed by atoms with Crippen LogP contribution in [0.4, 0.5) is 5.69 Å². The Bertz CT molecular complexity index is 200. The summed E-state index contributed by atoms with van der Waals surface area (Å²) in [7, 11) is 0.00849. The second-order valence-corrected chi connectivity index (χ2v) is 4.61. The molecule has 1 aromatic rings. The van der Waals surface area contributed by atoms with E-state index in [1.807, 2.05) is 30.3 Å². The van der Waals surface area contributed by atoms with Crippen LogP contribution in [0, 0.1) is 0 Å². The lowest BCUT2D eigenvalue weighted by Gasteiger charge is -2.07. The van der Waals surface area contributed by atoms with Gasteiger partial charge in [-0.3, -0.25) is 0 Å².